The van der Waals surface area contributed by atoms with E-state index in [2.05, 4.69) is 10.2 Å². The van der Waals surface area contributed by atoms with Crippen molar-refractivity contribution in [1.29, 1.82) is 5.26 Å². The molecular weight excluding hydrogens is 470 g/mol. The molecular formula is C25H28ClN5O4. The standard InChI is InChI=1S/C25H28ClN5O4/c26-19-1-5-21(6-2-19)29-11-13-30(14-12-29)25(32)17-35-23-8-3-20(4-9-23)28-24-10-7-22(31(33)34)15-18(24)16-27/h1-2,5-7,10,15,20,23,28H,3-4,8-9,11-14,17H2. The number of rotatable bonds is 7. The highest BCUT2D eigenvalue weighted by atomic mass is 35.5. The molecule has 2 aromatic rings. The van der Waals surface area contributed by atoms with E-state index in [0.29, 0.717) is 23.8 Å². The summed E-state index contributed by atoms with van der Waals surface area (Å²) in [6, 6.07) is 14.2. The number of carbonyl (C=O) groups excluding carboxylic acids is 1. The van der Waals surface area contributed by atoms with Gasteiger partial charge in [0, 0.05) is 55.1 Å². The van der Waals surface area contributed by atoms with E-state index in [4.69, 9.17) is 16.3 Å². The summed E-state index contributed by atoms with van der Waals surface area (Å²) in [7, 11) is 0. The van der Waals surface area contributed by atoms with Crippen molar-refractivity contribution >= 4 is 34.6 Å². The number of ether oxygens (including phenoxy) is 1. The molecule has 4 rings (SSSR count). The van der Waals surface area contributed by atoms with Gasteiger partial charge in [-0.3, -0.25) is 14.9 Å². The number of nitro benzene ring substituents is 1. The molecule has 2 fully saturated rings. The lowest BCUT2D eigenvalue weighted by Gasteiger charge is -2.36. The van der Waals surface area contributed by atoms with Crippen LogP contribution in [0.5, 0.6) is 0 Å². The number of benzene rings is 2. The fraction of sp³-hybridized carbons (Fsp3) is 0.440. The molecule has 10 heteroatoms. The average molecular weight is 498 g/mol. The third kappa shape index (κ3) is 6.41. The minimum atomic E-state index is -0.506. The van der Waals surface area contributed by atoms with Crippen molar-refractivity contribution < 1.29 is 14.5 Å². The number of nitriles is 1. The molecule has 0 spiro atoms. The number of piperazine rings is 1. The van der Waals surface area contributed by atoms with Crippen LogP contribution in [0.4, 0.5) is 17.1 Å². The van der Waals surface area contributed by atoms with Crippen LogP contribution in [0, 0.1) is 21.4 Å². The van der Waals surface area contributed by atoms with E-state index in [-0.39, 0.29) is 35.9 Å². The molecule has 35 heavy (non-hydrogen) atoms. The van der Waals surface area contributed by atoms with Gasteiger partial charge in [0.2, 0.25) is 5.91 Å². The molecule has 0 unspecified atom stereocenters. The molecule has 1 saturated heterocycles. The van der Waals surface area contributed by atoms with Crippen LogP contribution in [-0.2, 0) is 9.53 Å². The van der Waals surface area contributed by atoms with Crippen molar-refractivity contribution in [2.45, 2.75) is 37.8 Å². The first-order chi connectivity index (χ1) is 16.9. The first-order valence-electron chi connectivity index (χ1n) is 11.8. The van der Waals surface area contributed by atoms with Gasteiger partial charge in [0.25, 0.3) is 5.69 Å². The Kier molecular flexibility index (Phi) is 8.06. The Balaban J connectivity index is 1.18. The number of hydrogen-bond acceptors (Lipinski definition) is 7. The van der Waals surface area contributed by atoms with Crippen LogP contribution < -0.4 is 10.2 Å². The van der Waals surface area contributed by atoms with Gasteiger partial charge in [0.15, 0.2) is 0 Å². The Morgan fingerprint density at radius 3 is 2.43 bits per heavy atom. The van der Waals surface area contributed by atoms with Crippen molar-refractivity contribution in [3.63, 3.8) is 0 Å². The van der Waals surface area contributed by atoms with Crippen molar-refractivity contribution in [2.75, 3.05) is 43.0 Å². The van der Waals surface area contributed by atoms with Crippen LogP contribution >= 0.6 is 11.6 Å². The van der Waals surface area contributed by atoms with E-state index >= 15 is 0 Å². The van der Waals surface area contributed by atoms with Gasteiger partial charge in [0.05, 0.1) is 22.3 Å². The fourth-order valence-corrected chi connectivity index (χ4v) is 4.73. The van der Waals surface area contributed by atoms with Gasteiger partial charge < -0.3 is 19.9 Å². The predicted molar refractivity (Wildman–Crippen MR) is 134 cm³/mol. The lowest BCUT2D eigenvalue weighted by molar-refractivity contribution is -0.384. The van der Waals surface area contributed by atoms with E-state index < -0.39 is 4.92 Å². The number of carbonyl (C=O) groups is 1. The topological polar surface area (TPSA) is 112 Å². The van der Waals surface area contributed by atoms with Gasteiger partial charge in [-0.1, -0.05) is 11.6 Å². The van der Waals surface area contributed by atoms with Gasteiger partial charge in [-0.2, -0.15) is 5.26 Å². The van der Waals surface area contributed by atoms with Crippen LogP contribution in [0.1, 0.15) is 31.2 Å². The van der Waals surface area contributed by atoms with Gasteiger partial charge in [-0.25, -0.2) is 0 Å². The van der Waals surface area contributed by atoms with Gasteiger partial charge in [-0.15, -0.1) is 0 Å². The Labute approximate surface area is 209 Å². The number of non-ortho nitro benzene ring substituents is 1. The molecule has 1 heterocycles. The second-order valence-corrected chi connectivity index (χ2v) is 9.31. The van der Waals surface area contributed by atoms with Crippen LogP contribution in [0.25, 0.3) is 0 Å². The quantitative estimate of drug-likeness (QED) is 0.450. The second-order valence-electron chi connectivity index (χ2n) is 8.87. The maximum Gasteiger partial charge on any atom is 0.270 e. The molecule has 2 aliphatic rings. The fourth-order valence-electron chi connectivity index (χ4n) is 4.60. The summed E-state index contributed by atoms with van der Waals surface area (Å²) in [5.41, 5.74) is 1.88. The summed E-state index contributed by atoms with van der Waals surface area (Å²) in [5.74, 6) is 0.0190. The summed E-state index contributed by atoms with van der Waals surface area (Å²) in [5, 5.41) is 24.3. The molecule has 0 radical (unpaired) electrons. The number of nitro groups is 1. The highest BCUT2D eigenvalue weighted by molar-refractivity contribution is 6.30. The van der Waals surface area contributed by atoms with Crippen molar-refractivity contribution in [1.82, 2.24) is 4.90 Å². The first kappa shape index (κ1) is 24.8. The SMILES string of the molecule is N#Cc1cc([N+](=O)[O-])ccc1NC1CCC(OCC(=O)N2CCN(c3ccc(Cl)cc3)CC2)CC1. The number of hydrogen-bond donors (Lipinski definition) is 1. The van der Waals surface area contributed by atoms with E-state index in [1.807, 2.05) is 35.2 Å². The summed E-state index contributed by atoms with van der Waals surface area (Å²) >= 11 is 5.96. The normalized spacial score (nSPS) is 20.2. The van der Waals surface area contributed by atoms with Crippen LogP contribution in [0.2, 0.25) is 5.02 Å². The van der Waals surface area contributed by atoms with E-state index in [0.717, 1.165) is 44.5 Å². The lowest BCUT2D eigenvalue weighted by atomic mass is 9.92. The smallest absolute Gasteiger partial charge is 0.270 e. The van der Waals surface area contributed by atoms with E-state index in [1.165, 1.54) is 12.1 Å². The number of halogens is 1. The molecule has 9 nitrogen and oxygen atoms in total. The van der Waals surface area contributed by atoms with Crippen molar-refractivity contribution in [2.24, 2.45) is 0 Å². The molecule has 184 valence electrons. The lowest BCUT2D eigenvalue weighted by Crippen LogP contribution is -2.50. The average Bonchev–Trinajstić information content (AvgIpc) is 2.88. The monoisotopic (exact) mass is 497 g/mol. The number of anilines is 2. The Bertz CT molecular complexity index is 1090. The van der Waals surface area contributed by atoms with Crippen molar-refractivity contribution in [3.05, 3.63) is 63.2 Å². The number of nitrogens with zero attached hydrogens (tertiary/aromatic N) is 4. The summed E-state index contributed by atoms with van der Waals surface area (Å²) in [6.07, 6.45) is 3.31. The van der Waals surface area contributed by atoms with Crippen LogP contribution in [0.15, 0.2) is 42.5 Å². The van der Waals surface area contributed by atoms with Crippen LogP contribution in [-0.4, -0.2) is 60.7 Å². The number of nitrogens with one attached hydrogen (secondary N) is 1. The molecule has 2 aromatic carbocycles. The van der Waals surface area contributed by atoms with E-state index in [1.54, 1.807) is 6.07 Å². The minimum absolute atomic E-state index is 0.0190. The molecule has 0 aromatic heterocycles. The molecule has 1 aliphatic carbocycles. The summed E-state index contributed by atoms with van der Waals surface area (Å²) < 4.78 is 5.93. The predicted octanol–water partition coefficient (Wildman–Crippen LogP) is 4.21. The Morgan fingerprint density at radius 1 is 1.11 bits per heavy atom. The van der Waals surface area contributed by atoms with Gasteiger partial charge in [0.1, 0.15) is 12.7 Å². The minimum Gasteiger partial charge on any atom is -0.381 e. The first-order valence-corrected chi connectivity index (χ1v) is 12.2. The molecule has 1 N–H and O–H groups in total. The molecule has 0 bridgehead atoms. The maximum atomic E-state index is 12.7. The third-order valence-electron chi connectivity index (χ3n) is 6.63. The second kappa shape index (κ2) is 11.4. The molecule has 1 amide bonds. The highest BCUT2D eigenvalue weighted by Gasteiger charge is 2.26. The van der Waals surface area contributed by atoms with Gasteiger partial charge in [-0.05, 0) is 56.0 Å². The maximum absolute atomic E-state index is 12.7. The Morgan fingerprint density at radius 2 is 1.80 bits per heavy atom. The zero-order valence-electron chi connectivity index (χ0n) is 19.4. The third-order valence-corrected chi connectivity index (χ3v) is 6.89. The highest BCUT2D eigenvalue weighted by Crippen LogP contribution is 2.28. The van der Waals surface area contributed by atoms with Crippen molar-refractivity contribution in [3.8, 4) is 6.07 Å². The number of amides is 1. The van der Waals surface area contributed by atoms with Gasteiger partial charge >= 0.3 is 0 Å². The molecule has 0 atom stereocenters. The summed E-state index contributed by atoms with van der Waals surface area (Å²) in [4.78, 5) is 27.2. The zero-order valence-corrected chi connectivity index (χ0v) is 20.1. The van der Waals surface area contributed by atoms with E-state index in [9.17, 15) is 20.2 Å². The Hall–Kier alpha value is -3.35. The van der Waals surface area contributed by atoms with Crippen LogP contribution in [0.3, 0.4) is 0 Å². The summed E-state index contributed by atoms with van der Waals surface area (Å²) in [6.45, 7) is 2.97. The largest absolute Gasteiger partial charge is 0.381 e. The zero-order chi connectivity index (χ0) is 24.8. The molecule has 1 saturated carbocycles. The molecule has 1 aliphatic heterocycles.